The third-order valence-corrected chi connectivity index (χ3v) is 6.29. The predicted octanol–water partition coefficient (Wildman–Crippen LogP) is 0.707. The van der Waals surface area contributed by atoms with Gasteiger partial charge >= 0.3 is 5.97 Å². The zero-order valence-electron chi connectivity index (χ0n) is 14.7. The molecule has 8 nitrogen and oxygen atoms in total. The molecule has 0 aliphatic carbocycles. The number of amides is 1. The van der Waals surface area contributed by atoms with Crippen LogP contribution in [-0.4, -0.2) is 49.6 Å². The van der Waals surface area contributed by atoms with Gasteiger partial charge in [0.15, 0.2) is 11.9 Å². The van der Waals surface area contributed by atoms with Crippen molar-refractivity contribution >= 4 is 27.7 Å². The molecular weight excluding hydrogens is 360 g/mol. The van der Waals surface area contributed by atoms with E-state index in [1.54, 1.807) is 0 Å². The van der Waals surface area contributed by atoms with Crippen molar-refractivity contribution in [3.63, 3.8) is 0 Å². The topological polar surface area (TPSA) is 124 Å². The van der Waals surface area contributed by atoms with Gasteiger partial charge in [0, 0.05) is 18.7 Å². The molecule has 1 aliphatic rings. The lowest BCUT2D eigenvalue weighted by atomic mass is 9.98. The first kappa shape index (κ1) is 20.1. The van der Waals surface area contributed by atoms with Gasteiger partial charge in [0.05, 0.1) is 10.8 Å². The number of hydrogen-bond donors (Lipinski definition) is 1. The molecule has 1 heterocycles. The van der Waals surface area contributed by atoms with E-state index in [-0.39, 0.29) is 23.8 Å². The predicted molar refractivity (Wildman–Crippen MR) is 92.7 cm³/mol. The van der Waals surface area contributed by atoms with Crippen molar-refractivity contribution < 1.29 is 27.5 Å². The number of ketones is 1. The average molecular weight is 382 g/mol. The van der Waals surface area contributed by atoms with Gasteiger partial charge in [0.25, 0.3) is 5.91 Å². The quantitative estimate of drug-likeness (QED) is 0.571. The van der Waals surface area contributed by atoms with Gasteiger partial charge in [-0.15, -0.1) is 0 Å². The Morgan fingerprint density at radius 2 is 1.69 bits per heavy atom. The van der Waals surface area contributed by atoms with E-state index in [1.165, 1.54) is 42.4 Å². The molecule has 1 aromatic rings. The molecule has 1 aliphatic heterocycles. The van der Waals surface area contributed by atoms with Crippen LogP contribution in [0, 0.1) is 5.92 Å². The summed E-state index contributed by atoms with van der Waals surface area (Å²) in [6, 6.07) is 5.76. The zero-order chi connectivity index (χ0) is 19.5. The molecule has 9 heteroatoms. The molecule has 0 radical (unpaired) electrons. The van der Waals surface area contributed by atoms with Crippen LogP contribution in [0.2, 0.25) is 0 Å². The molecule has 0 saturated carbocycles. The molecule has 1 saturated heterocycles. The summed E-state index contributed by atoms with van der Waals surface area (Å²) < 4.78 is 31.6. The lowest BCUT2D eigenvalue weighted by molar-refractivity contribution is -0.159. The molecule has 1 aromatic carbocycles. The molecular formula is C17H22N2O6S. The Labute approximate surface area is 152 Å². The van der Waals surface area contributed by atoms with E-state index in [1.807, 2.05) is 0 Å². The van der Waals surface area contributed by atoms with E-state index >= 15 is 0 Å². The van der Waals surface area contributed by atoms with Gasteiger partial charge in [0.2, 0.25) is 10.0 Å². The highest BCUT2D eigenvalue weighted by Gasteiger charge is 2.33. The zero-order valence-corrected chi connectivity index (χ0v) is 15.5. The van der Waals surface area contributed by atoms with E-state index in [9.17, 15) is 22.8 Å². The van der Waals surface area contributed by atoms with Gasteiger partial charge in [-0.3, -0.25) is 14.4 Å². The largest absolute Gasteiger partial charge is 0.452 e. The lowest BCUT2D eigenvalue weighted by Gasteiger charge is -2.30. The summed E-state index contributed by atoms with van der Waals surface area (Å²) in [7, 11) is -3.69. The van der Waals surface area contributed by atoms with Gasteiger partial charge in [-0.05, 0) is 38.8 Å². The fourth-order valence-corrected chi connectivity index (χ4v) is 4.14. The first-order valence-corrected chi connectivity index (χ1v) is 9.68. The maximum Gasteiger partial charge on any atom is 0.309 e. The third-order valence-electron chi connectivity index (χ3n) is 4.38. The second kappa shape index (κ2) is 7.96. The minimum Gasteiger partial charge on any atom is -0.452 e. The number of carbonyl (C=O) groups is 3. The SMILES string of the molecule is CC(=O)c1ccc(S(=O)(=O)N2CCC(C(=O)OC(C)C(N)=O)CC2)cc1. The molecule has 2 N–H and O–H groups in total. The molecule has 0 spiro atoms. The number of nitrogens with zero attached hydrogens (tertiary/aromatic N) is 1. The van der Waals surface area contributed by atoms with Crippen molar-refractivity contribution in [1.82, 2.24) is 4.31 Å². The minimum absolute atomic E-state index is 0.103. The molecule has 1 atom stereocenters. The van der Waals surface area contributed by atoms with Crippen LogP contribution in [0.15, 0.2) is 29.2 Å². The summed E-state index contributed by atoms with van der Waals surface area (Å²) in [6.07, 6.45) is -0.409. The van der Waals surface area contributed by atoms with Gasteiger partial charge in [-0.2, -0.15) is 4.31 Å². The lowest BCUT2D eigenvalue weighted by Crippen LogP contribution is -2.41. The summed E-state index contributed by atoms with van der Waals surface area (Å²) in [6.45, 7) is 3.14. The Balaban J connectivity index is 2.01. The number of benzene rings is 1. The standard InChI is InChI=1S/C17H22N2O6S/c1-11(20)13-3-5-15(6-4-13)26(23,24)19-9-7-14(8-10-19)17(22)25-12(2)16(18)21/h3-6,12,14H,7-10H2,1-2H3,(H2,18,21). The van der Waals surface area contributed by atoms with E-state index in [0.717, 1.165) is 0 Å². The third kappa shape index (κ3) is 4.47. The van der Waals surface area contributed by atoms with Crippen LogP contribution >= 0.6 is 0 Å². The van der Waals surface area contributed by atoms with Crippen molar-refractivity contribution in [1.29, 1.82) is 0 Å². The Hall–Kier alpha value is -2.26. The number of esters is 1. The number of rotatable bonds is 6. The molecule has 0 bridgehead atoms. The number of Topliss-reactive ketones (excluding diaryl/α,β-unsaturated/α-hetero) is 1. The molecule has 26 heavy (non-hydrogen) atoms. The monoisotopic (exact) mass is 382 g/mol. The van der Waals surface area contributed by atoms with Crippen molar-refractivity contribution in [2.24, 2.45) is 11.7 Å². The fourth-order valence-electron chi connectivity index (χ4n) is 2.67. The number of sulfonamides is 1. The highest BCUT2D eigenvalue weighted by molar-refractivity contribution is 7.89. The Bertz CT molecular complexity index is 795. The smallest absolute Gasteiger partial charge is 0.309 e. The Kier molecular flexibility index (Phi) is 6.14. The number of hydrogen-bond acceptors (Lipinski definition) is 6. The fraction of sp³-hybridized carbons (Fsp3) is 0.471. The minimum atomic E-state index is -3.69. The van der Waals surface area contributed by atoms with Crippen LogP contribution in [-0.2, 0) is 24.3 Å². The second-order valence-corrected chi connectivity index (χ2v) is 8.18. The number of nitrogens with two attached hydrogens (primary N) is 1. The second-order valence-electron chi connectivity index (χ2n) is 6.24. The van der Waals surface area contributed by atoms with E-state index in [0.29, 0.717) is 18.4 Å². The maximum absolute atomic E-state index is 12.7. The van der Waals surface area contributed by atoms with Crippen molar-refractivity contribution in [3.05, 3.63) is 29.8 Å². The van der Waals surface area contributed by atoms with Crippen LogP contribution in [0.4, 0.5) is 0 Å². The van der Waals surface area contributed by atoms with Crippen LogP contribution in [0.3, 0.4) is 0 Å². The summed E-state index contributed by atoms with van der Waals surface area (Å²) in [5.41, 5.74) is 5.50. The van der Waals surface area contributed by atoms with E-state index in [2.05, 4.69) is 0 Å². The summed E-state index contributed by atoms with van der Waals surface area (Å²) in [5.74, 6) is -1.88. The first-order chi connectivity index (χ1) is 12.1. The van der Waals surface area contributed by atoms with Crippen molar-refractivity contribution in [3.8, 4) is 0 Å². The molecule has 2 rings (SSSR count). The number of piperidine rings is 1. The highest BCUT2D eigenvalue weighted by Crippen LogP contribution is 2.25. The van der Waals surface area contributed by atoms with Gasteiger partial charge in [-0.1, -0.05) is 12.1 Å². The van der Waals surface area contributed by atoms with Gasteiger partial charge in [0.1, 0.15) is 0 Å². The molecule has 1 fully saturated rings. The average Bonchev–Trinajstić information content (AvgIpc) is 2.61. The summed E-state index contributed by atoms with van der Waals surface area (Å²) in [4.78, 5) is 34.4. The Morgan fingerprint density at radius 3 is 2.15 bits per heavy atom. The van der Waals surface area contributed by atoms with Crippen LogP contribution in [0.5, 0.6) is 0 Å². The molecule has 0 aromatic heterocycles. The number of carbonyl (C=O) groups excluding carboxylic acids is 3. The Morgan fingerprint density at radius 1 is 1.15 bits per heavy atom. The number of primary amides is 1. The van der Waals surface area contributed by atoms with Gasteiger partial charge < -0.3 is 10.5 Å². The van der Waals surface area contributed by atoms with Crippen molar-refractivity contribution in [2.75, 3.05) is 13.1 Å². The highest BCUT2D eigenvalue weighted by atomic mass is 32.2. The van der Waals surface area contributed by atoms with E-state index in [4.69, 9.17) is 10.5 Å². The molecule has 1 unspecified atom stereocenters. The maximum atomic E-state index is 12.7. The normalized spacial score (nSPS) is 17.5. The van der Waals surface area contributed by atoms with Crippen LogP contribution in [0.1, 0.15) is 37.0 Å². The van der Waals surface area contributed by atoms with E-state index < -0.39 is 33.9 Å². The molecule has 142 valence electrons. The van der Waals surface area contributed by atoms with Crippen LogP contribution in [0.25, 0.3) is 0 Å². The van der Waals surface area contributed by atoms with Gasteiger partial charge in [-0.25, -0.2) is 8.42 Å². The first-order valence-electron chi connectivity index (χ1n) is 8.24. The van der Waals surface area contributed by atoms with Crippen molar-refractivity contribution in [2.45, 2.75) is 37.7 Å². The number of ether oxygens (including phenoxy) is 1. The molecule has 1 amide bonds. The summed E-state index contributed by atoms with van der Waals surface area (Å²) in [5, 5.41) is 0. The summed E-state index contributed by atoms with van der Waals surface area (Å²) >= 11 is 0. The van der Waals surface area contributed by atoms with Crippen LogP contribution < -0.4 is 5.73 Å².